The Bertz CT molecular complexity index is 2610. The van der Waals surface area contributed by atoms with Gasteiger partial charge in [0.1, 0.15) is 23.0 Å². The summed E-state index contributed by atoms with van der Waals surface area (Å²) in [6, 6.07) is 33.6. The number of phenols is 4. The number of hydrogen-bond donors (Lipinski definition) is 4. The lowest BCUT2D eigenvalue weighted by molar-refractivity contribution is 0.443. The predicted octanol–water partition coefficient (Wildman–Crippen LogP) is 14.4. The first-order valence-corrected chi connectivity index (χ1v) is 21.7. The summed E-state index contributed by atoms with van der Waals surface area (Å²) in [6.45, 7) is 25.4. The third-order valence-electron chi connectivity index (χ3n) is 11.1. The molecule has 6 aromatic carbocycles. The van der Waals surface area contributed by atoms with E-state index in [1.165, 1.54) is 0 Å². The number of para-hydroxylation sites is 4. The van der Waals surface area contributed by atoms with Crippen LogP contribution in [0.25, 0.3) is 11.1 Å². The Hall–Kier alpha value is -6.80. The number of hydrogen-bond acceptors (Lipinski definition) is 8. The van der Waals surface area contributed by atoms with E-state index >= 15 is 0 Å². The number of rotatable bonds is 9. The third kappa shape index (κ3) is 11.0. The molecule has 0 saturated carbocycles. The summed E-state index contributed by atoms with van der Waals surface area (Å²) in [5, 5.41) is 44.5. The Kier molecular flexibility index (Phi) is 13.2. The molecule has 0 aliphatic heterocycles. The minimum Gasteiger partial charge on any atom is -0.507 e. The van der Waals surface area contributed by atoms with Crippen LogP contribution in [0.15, 0.2) is 129 Å². The van der Waals surface area contributed by atoms with Crippen molar-refractivity contribution in [2.45, 2.75) is 105 Å². The van der Waals surface area contributed by atoms with E-state index in [1.807, 2.05) is 72.8 Å². The summed E-state index contributed by atoms with van der Waals surface area (Å²) in [5.41, 5.74) is 9.34. The average molecular weight is 855 g/mol. The van der Waals surface area contributed by atoms with Crippen LogP contribution in [0.4, 0.5) is 22.7 Å². The summed E-state index contributed by atoms with van der Waals surface area (Å²) in [4.78, 5) is 19.1. The molecule has 6 aromatic rings. The Morgan fingerprint density at radius 1 is 0.344 bits per heavy atom. The number of nitrogens with zero attached hydrogens (tertiary/aromatic N) is 4. The molecule has 0 heterocycles. The van der Waals surface area contributed by atoms with Crippen LogP contribution in [-0.2, 0) is 21.7 Å². The molecule has 0 radical (unpaired) electrons. The molecule has 0 spiro atoms. The zero-order valence-corrected chi connectivity index (χ0v) is 39.3. The van der Waals surface area contributed by atoms with Crippen LogP contribution in [0.5, 0.6) is 23.0 Å². The van der Waals surface area contributed by atoms with Gasteiger partial charge < -0.3 is 20.4 Å². The SMILES string of the molecule is CC(C)(C)c1cc(C=Nc2ccccc2N=Cc2cc(-c3ccc(O)c(C=Nc4ccccc4N=Cc4cc(C(C)(C)C)cc(C(C)(C)C)c4O)c3)ccc2O)c(O)c(C(C)(C)C)c1. The summed E-state index contributed by atoms with van der Waals surface area (Å²) in [5.74, 6) is 0.524. The highest BCUT2D eigenvalue weighted by Crippen LogP contribution is 2.40. The van der Waals surface area contributed by atoms with Gasteiger partial charge in [0.15, 0.2) is 0 Å². The highest BCUT2D eigenvalue weighted by molar-refractivity contribution is 5.93. The Morgan fingerprint density at radius 2 is 0.641 bits per heavy atom. The van der Waals surface area contributed by atoms with Crippen molar-refractivity contribution in [3.8, 4) is 34.1 Å². The van der Waals surface area contributed by atoms with Gasteiger partial charge in [0.05, 0.1) is 22.7 Å². The summed E-state index contributed by atoms with van der Waals surface area (Å²) in [6.07, 6.45) is 6.58. The molecule has 0 aliphatic rings. The average Bonchev–Trinajstić information content (AvgIpc) is 3.21. The van der Waals surface area contributed by atoms with Gasteiger partial charge in [-0.05, 0) is 105 Å². The Morgan fingerprint density at radius 3 is 0.922 bits per heavy atom. The van der Waals surface area contributed by atoms with E-state index in [9.17, 15) is 20.4 Å². The van der Waals surface area contributed by atoms with Gasteiger partial charge in [-0.3, -0.25) is 20.0 Å². The summed E-state index contributed by atoms with van der Waals surface area (Å²) < 4.78 is 0. The second kappa shape index (κ2) is 18.1. The van der Waals surface area contributed by atoms with Gasteiger partial charge in [-0.2, -0.15) is 0 Å². The van der Waals surface area contributed by atoms with Gasteiger partial charge in [-0.25, -0.2) is 0 Å². The van der Waals surface area contributed by atoms with E-state index in [1.54, 1.807) is 49.1 Å². The van der Waals surface area contributed by atoms with Crippen molar-refractivity contribution in [2.24, 2.45) is 20.0 Å². The topological polar surface area (TPSA) is 130 Å². The van der Waals surface area contributed by atoms with E-state index in [4.69, 9.17) is 20.0 Å². The van der Waals surface area contributed by atoms with E-state index in [0.717, 1.165) is 33.4 Å². The van der Waals surface area contributed by atoms with E-state index in [2.05, 4.69) is 95.2 Å². The fourth-order valence-electron chi connectivity index (χ4n) is 7.12. The molecule has 0 fully saturated rings. The van der Waals surface area contributed by atoms with Crippen molar-refractivity contribution in [1.82, 2.24) is 0 Å². The second-order valence-corrected chi connectivity index (χ2v) is 20.5. The molecule has 0 atom stereocenters. The van der Waals surface area contributed by atoms with Crippen LogP contribution in [0, 0.1) is 0 Å². The Labute approximate surface area is 379 Å². The second-order valence-electron chi connectivity index (χ2n) is 20.5. The first kappa shape index (κ1) is 46.7. The molecule has 8 heteroatoms. The molecule has 64 heavy (non-hydrogen) atoms. The van der Waals surface area contributed by atoms with Crippen LogP contribution in [0.2, 0.25) is 0 Å². The fourth-order valence-corrected chi connectivity index (χ4v) is 7.12. The lowest BCUT2D eigenvalue weighted by Crippen LogP contribution is -2.17. The zero-order valence-electron chi connectivity index (χ0n) is 39.3. The van der Waals surface area contributed by atoms with Gasteiger partial charge in [0.25, 0.3) is 0 Å². The number of aliphatic imine (C=N–C) groups is 4. The molecule has 6 rings (SSSR count). The Balaban J connectivity index is 1.27. The largest absolute Gasteiger partial charge is 0.507 e. The molecule has 0 aliphatic carbocycles. The van der Waals surface area contributed by atoms with Crippen molar-refractivity contribution in [2.75, 3.05) is 0 Å². The van der Waals surface area contributed by atoms with Crippen molar-refractivity contribution < 1.29 is 20.4 Å². The quantitative estimate of drug-likeness (QED) is 0.108. The van der Waals surface area contributed by atoms with Crippen molar-refractivity contribution >= 4 is 47.6 Å². The number of aromatic hydroxyl groups is 4. The minimum absolute atomic E-state index is 0.0536. The lowest BCUT2D eigenvalue weighted by atomic mass is 9.79. The van der Waals surface area contributed by atoms with E-state index < -0.39 is 0 Å². The standard InChI is InChI=1S/C56H62N4O4/c1-53(2,3)41-27-39(51(63)43(29-41)55(7,8)9)33-59-47-19-15-13-17-45(47)57-31-37-25-35(21-23-49(37)61)36-22-24-50(62)38(26-36)32-58-46-18-14-16-20-48(46)60-34-40-28-42(54(4,5)6)30-44(52(40)64)56(10,11)12/h13-34,61-64H,1-12H3. The maximum Gasteiger partial charge on any atom is 0.128 e. The van der Waals surface area contributed by atoms with Crippen molar-refractivity contribution in [3.63, 3.8) is 0 Å². The smallest absolute Gasteiger partial charge is 0.128 e. The third-order valence-corrected chi connectivity index (χ3v) is 11.1. The van der Waals surface area contributed by atoms with Gasteiger partial charge in [-0.15, -0.1) is 0 Å². The summed E-state index contributed by atoms with van der Waals surface area (Å²) in [7, 11) is 0. The summed E-state index contributed by atoms with van der Waals surface area (Å²) >= 11 is 0. The highest BCUT2D eigenvalue weighted by Gasteiger charge is 2.26. The first-order chi connectivity index (χ1) is 29.9. The van der Waals surface area contributed by atoms with Gasteiger partial charge in [0.2, 0.25) is 0 Å². The number of benzene rings is 6. The highest BCUT2D eigenvalue weighted by atomic mass is 16.3. The first-order valence-electron chi connectivity index (χ1n) is 21.7. The van der Waals surface area contributed by atoms with Crippen LogP contribution < -0.4 is 0 Å². The van der Waals surface area contributed by atoms with Gasteiger partial charge in [0, 0.05) is 58.2 Å². The maximum atomic E-state index is 11.3. The molecule has 0 saturated heterocycles. The van der Waals surface area contributed by atoms with Crippen molar-refractivity contribution in [1.29, 1.82) is 0 Å². The molecular weight excluding hydrogens is 793 g/mol. The van der Waals surface area contributed by atoms with Crippen LogP contribution in [0.3, 0.4) is 0 Å². The molecular formula is C56H62N4O4. The van der Waals surface area contributed by atoms with E-state index in [-0.39, 0.29) is 44.7 Å². The molecule has 0 unspecified atom stereocenters. The van der Waals surface area contributed by atoms with Gasteiger partial charge >= 0.3 is 0 Å². The molecule has 0 aromatic heterocycles. The molecule has 0 amide bonds. The van der Waals surface area contributed by atoms with Crippen molar-refractivity contribution in [3.05, 3.63) is 154 Å². The molecule has 330 valence electrons. The van der Waals surface area contributed by atoms with Crippen LogP contribution >= 0.6 is 0 Å². The monoisotopic (exact) mass is 854 g/mol. The normalized spacial score (nSPS) is 13.0. The minimum atomic E-state index is -0.270. The zero-order chi connectivity index (χ0) is 46.8. The fraction of sp³-hybridized carbons (Fsp3) is 0.286. The molecule has 0 bridgehead atoms. The molecule has 4 N–H and O–H groups in total. The number of phenolic OH excluding ortho intramolecular Hbond substituents is 4. The van der Waals surface area contributed by atoms with E-state index in [0.29, 0.717) is 45.0 Å². The molecule has 8 nitrogen and oxygen atoms in total. The van der Waals surface area contributed by atoms with Gasteiger partial charge in [-0.1, -0.05) is 132 Å². The maximum absolute atomic E-state index is 11.3. The predicted molar refractivity (Wildman–Crippen MR) is 268 cm³/mol. The van der Waals surface area contributed by atoms with Crippen LogP contribution in [-0.4, -0.2) is 45.3 Å². The van der Waals surface area contributed by atoms with Crippen LogP contribution in [0.1, 0.15) is 128 Å². The lowest BCUT2D eigenvalue weighted by Gasteiger charge is -2.27.